The zero-order valence-corrected chi connectivity index (χ0v) is 20.0. The zero-order valence-electron chi connectivity index (χ0n) is 19.2. The first kappa shape index (κ1) is 21.8. The van der Waals surface area contributed by atoms with Gasteiger partial charge in [0.25, 0.3) is 0 Å². The van der Waals surface area contributed by atoms with Crippen molar-refractivity contribution in [2.45, 2.75) is 52.6 Å². The van der Waals surface area contributed by atoms with Gasteiger partial charge in [-0.2, -0.15) is 0 Å². The van der Waals surface area contributed by atoms with Crippen LogP contribution in [-0.4, -0.2) is 21.5 Å². The number of rotatable bonds is 5. The van der Waals surface area contributed by atoms with Crippen LogP contribution in [0, 0.1) is 18.7 Å². The lowest BCUT2D eigenvalue weighted by atomic mass is 9.90. The fraction of sp³-hybridized carbons (Fsp3) is 0.333. The van der Waals surface area contributed by atoms with Gasteiger partial charge in [0.05, 0.1) is 0 Å². The summed E-state index contributed by atoms with van der Waals surface area (Å²) in [6.07, 6.45) is 2.60. The average Bonchev–Trinajstić information content (AvgIpc) is 3.35. The van der Waals surface area contributed by atoms with E-state index >= 15 is 0 Å². The van der Waals surface area contributed by atoms with Crippen LogP contribution >= 0.6 is 11.3 Å². The molecule has 4 nitrogen and oxygen atoms in total. The number of thiazole rings is 1. The van der Waals surface area contributed by atoms with Gasteiger partial charge >= 0.3 is 0 Å². The summed E-state index contributed by atoms with van der Waals surface area (Å²) in [5, 5.41) is 7.52. The first-order valence-corrected chi connectivity index (χ1v) is 12.4. The summed E-state index contributed by atoms with van der Waals surface area (Å²) in [5.41, 5.74) is 6.81. The predicted octanol–water partition coefficient (Wildman–Crippen LogP) is 5.89. The van der Waals surface area contributed by atoms with E-state index in [4.69, 9.17) is 0 Å². The zero-order chi connectivity index (χ0) is 23.1. The van der Waals surface area contributed by atoms with Crippen molar-refractivity contribution >= 4 is 28.1 Å². The fourth-order valence-corrected chi connectivity index (χ4v) is 5.55. The van der Waals surface area contributed by atoms with Crippen molar-refractivity contribution < 1.29 is 9.18 Å². The Kier molecular flexibility index (Phi) is 5.79. The van der Waals surface area contributed by atoms with Crippen molar-refractivity contribution in [3.8, 4) is 10.6 Å². The van der Waals surface area contributed by atoms with E-state index in [0.29, 0.717) is 6.54 Å². The standard InChI is InChI=1S/C27H28FN3OS/c1-16(2)26(32)30-21-8-10-25-23(13-21)22-12-19(27-29-17(3)15-33-27)7-9-24(22)31(25)14-18-5-4-6-20(28)11-18/h4-7,9,11-12,15-16,21H,8,10,13-14H2,1-3H3,(H,30,32)/t21-/m1/s1. The van der Waals surface area contributed by atoms with Crippen LogP contribution in [0.4, 0.5) is 4.39 Å². The molecule has 33 heavy (non-hydrogen) atoms. The van der Waals surface area contributed by atoms with E-state index < -0.39 is 0 Å². The molecule has 0 saturated heterocycles. The Labute approximate surface area is 197 Å². The lowest BCUT2D eigenvalue weighted by molar-refractivity contribution is -0.124. The molecular formula is C27H28FN3OS. The first-order valence-electron chi connectivity index (χ1n) is 11.5. The molecule has 6 heteroatoms. The van der Waals surface area contributed by atoms with Crippen molar-refractivity contribution in [3.63, 3.8) is 0 Å². The summed E-state index contributed by atoms with van der Waals surface area (Å²) in [6.45, 7) is 6.49. The molecule has 0 aliphatic heterocycles. The number of hydrogen-bond donors (Lipinski definition) is 1. The summed E-state index contributed by atoms with van der Waals surface area (Å²) in [6, 6.07) is 13.5. The molecule has 0 unspecified atom stereocenters. The van der Waals surface area contributed by atoms with Gasteiger partial charge in [0.2, 0.25) is 5.91 Å². The molecule has 170 valence electrons. The first-order chi connectivity index (χ1) is 15.9. The maximum absolute atomic E-state index is 13.9. The molecule has 2 aromatic carbocycles. The summed E-state index contributed by atoms with van der Waals surface area (Å²) in [5.74, 6) is -0.137. The van der Waals surface area contributed by atoms with Gasteiger partial charge in [-0.15, -0.1) is 11.3 Å². The highest BCUT2D eigenvalue weighted by Crippen LogP contribution is 2.36. The molecule has 2 heterocycles. The van der Waals surface area contributed by atoms with Gasteiger partial charge in [-0.05, 0) is 67.6 Å². The molecule has 0 radical (unpaired) electrons. The Bertz CT molecular complexity index is 1340. The highest BCUT2D eigenvalue weighted by molar-refractivity contribution is 7.13. The van der Waals surface area contributed by atoms with E-state index in [1.54, 1.807) is 23.5 Å². The monoisotopic (exact) mass is 461 g/mol. The van der Waals surface area contributed by atoms with Gasteiger partial charge in [0, 0.05) is 51.7 Å². The Hall–Kier alpha value is -2.99. The second-order valence-electron chi connectivity index (χ2n) is 9.27. The molecule has 4 aromatic rings. The Morgan fingerprint density at radius 3 is 2.85 bits per heavy atom. The van der Waals surface area contributed by atoms with Gasteiger partial charge in [-0.25, -0.2) is 9.37 Å². The van der Waals surface area contributed by atoms with E-state index in [-0.39, 0.29) is 23.7 Å². The van der Waals surface area contributed by atoms with E-state index in [2.05, 4.69) is 38.4 Å². The van der Waals surface area contributed by atoms with Crippen molar-refractivity contribution in [3.05, 3.63) is 76.2 Å². The molecule has 0 spiro atoms. The number of amides is 1. The quantitative estimate of drug-likeness (QED) is 0.403. The molecule has 1 aliphatic rings. The van der Waals surface area contributed by atoms with Crippen LogP contribution in [0.15, 0.2) is 47.8 Å². The molecule has 1 atom stereocenters. The van der Waals surface area contributed by atoms with E-state index in [9.17, 15) is 9.18 Å². The maximum atomic E-state index is 13.9. The Morgan fingerprint density at radius 2 is 2.12 bits per heavy atom. The summed E-state index contributed by atoms with van der Waals surface area (Å²) in [7, 11) is 0. The van der Waals surface area contributed by atoms with Crippen molar-refractivity contribution in [1.29, 1.82) is 0 Å². The van der Waals surface area contributed by atoms with Crippen LogP contribution in [0.2, 0.25) is 0 Å². The topological polar surface area (TPSA) is 46.9 Å². The van der Waals surface area contributed by atoms with Crippen LogP contribution in [0.3, 0.4) is 0 Å². The highest BCUT2D eigenvalue weighted by atomic mass is 32.1. The minimum Gasteiger partial charge on any atom is -0.353 e. The molecule has 0 saturated carbocycles. The van der Waals surface area contributed by atoms with E-state index in [0.717, 1.165) is 46.6 Å². The second kappa shape index (κ2) is 8.75. The number of nitrogens with one attached hydrogen (secondary N) is 1. The van der Waals surface area contributed by atoms with Crippen molar-refractivity contribution in [2.24, 2.45) is 5.92 Å². The molecule has 1 aliphatic carbocycles. The largest absolute Gasteiger partial charge is 0.353 e. The van der Waals surface area contributed by atoms with Crippen molar-refractivity contribution in [1.82, 2.24) is 14.9 Å². The van der Waals surface area contributed by atoms with Gasteiger partial charge in [0.1, 0.15) is 10.8 Å². The van der Waals surface area contributed by atoms with Crippen LogP contribution in [0.1, 0.15) is 42.8 Å². The Morgan fingerprint density at radius 1 is 1.27 bits per heavy atom. The van der Waals surface area contributed by atoms with E-state index in [1.165, 1.54) is 22.7 Å². The maximum Gasteiger partial charge on any atom is 0.222 e. The number of nitrogens with zero attached hydrogens (tertiary/aromatic N) is 2. The van der Waals surface area contributed by atoms with Gasteiger partial charge in [0.15, 0.2) is 0 Å². The number of aromatic nitrogens is 2. The van der Waals surface area contributed by atoms with Gasteiger partial charge < -0.3 is 9.88 Å². The summed E-state index contributed by atoms with van der Waals surface area (Å²) < 4.78 is 16.2. The summed E-state index contributed by atoms with van der Waals surface area (Å²) >= 11 is 1.66. The van der Waals surface area contributed by atoms with Crippen LogP contribution < -0.4 is 5.32 Å². The third kappa shape index (κ3) is 4.32. The fourth-order valence-electron chi connectivity index (χ4n) is 4.76. The van der Waals surface area contributed by atoms with Gasteiger partial charge in [-0.3, -0.25) is 4.79 Å². The van der Waals surface area contributed by atoms with Crippen molar-refractivity contribution in [2.75, 3.05) is 0 Å². The molecule has 1 N–H and O–H groups in total. The van der Waals surface area contributed by atoms with Crippen LogP contribution in [0.25, 0.3) is 21.5 Å². The number of carbonyl (C=O) groups is 1. The van der Waals surface area contributed by atoms with Crippen LogP contribution in [0.5, 0.6) is 0 Å². The molecule has 5 rings (SSSR count). The summed E-state index contributed by atoms with van der Waals surface area (Å²) in [4.78, 5) is 17.0. The molecule has 1 amide bonds. The number of aryl methyl sites for hydroxylation is 1. The number of carbonyl (C=O) groups excluding carboxylic acids is 1. The lowest BCUT2D eigenvalue weighted by Crippen LogP contribution is -2.41. The minimum atomic E-state index is -0.212. The van der Waals surface area contributed by atoms with Gasteiger partial charge in [-0.1, -0.05) is 26.0 Å². The predicted molar refractivity (Wildman–Crippen MR) is 132 cm³/mol. The molecule has 0 fully saturated rings. The third-order valence-electron chi connectivity index (χ3n) is 6.43. The molecule has 0 bridgehead atoms. The molecule has 2 aromatic heterocycles. The average molecular weight is 462 g/mol. The SMILES string of the molecule is Cc1csc(-c2ccc3c(c2)c2c(n3Cc3cccc(F)c3)CC[C@@H](NC(=O)C(C)C)C2)n1. The van der Waals surface area contributed by atoms with Crippen LogP contribution in [-0.2, 0) is 24.2 Å². The van der Waals surface area contributed by atoms with E-state index in [1.807, 2.05) is 26.8 Å². The smallest absolute Gasteiger partial charge is 0.222 e. The number of benzene rings is 2. The normalized spacial score (nSPS) is 15.7. The number of fused-ring (bicyclic) bond motifs is 3. The lowest BCUT2D eigenvalue weighted by Gasteiger charge is -2.26. The minimum absolute atomic E-state index is 0.0274. The third-order valence-corrected chi connectivity index (χ3v) is 7.44. The number of halogens is 1. The number of hydrogen-bond acceptors (Lipinski definition) is 3. The Balaban J connectivity index is 1.59. The second-order valence-corrected chi connectivity index (χ2v) is 10.1. The molecular weight excluding hydrogens is 433 g/mol. The highest BCUT2D eigenvalue weighted by Gasteiger charge is 2.27.